The summed E-state index contributed by atoms with van der Waals surface area (Å²) >= 11 is 0. The van der Waals surface area contributed by atoms with Crippen LogP contribution in [0.3, 0.4) is 0 Å². The number of nitrogens with zero attached hydrogens (tertiary/aromatic N) is 2. The van der Waals surface area contributed by atoms with Crippen LogP contribution in [0.1, 0.15) is 47.4 Å². The fourth-order valence-electron chi connectivity index (χ4n) is 2.02. The summed E-state index contributed by atoms with van der Waals surface area (Å²) in [7, 11) is 1.38. The van der Waals surface area contributed by atoms with Crippen LogP contribution < -0.4 is 11.1 Å². The molecule has 1 fully saturated rings. The molecule has 3 N–H and O–H groups in total. The van der Waals surface area contributed by atoms with Crippen LogP contribution >= 0.6 is 24.0 Å². The summed E-state index contributed by atoms with van der Waals surface area (Å²) in [6, 6.07) is 3.54. The van der Waals surface area contributed by atoms with Crippen molar-refractivity contribution >= 4 is 35.9 Å². The Labute approximate surface area is 153 Å². The summed E-state index contributed by atoms with van der Waals surface area (Å²) in [4.78, 5) is 20.6. The van der Waals surface area contributed by atoms with Crippen LogP contribution in [-0.2, 0) is 11.3 Å². The largest absolute Gasteiger partial charge is 0.465 e. The molecule has 126 valence electrons. The lowest BCUT2D eigenvalue weighted by Gasteiger charge is -2.08. The summed E-state index contributed by atoms with van der Waals surface area (Å²) in [5.41, 5.74) is 8.90. The second-order valence-corrected chi connectivity index (χ2v) is 5.51. The molecule has 7 heteroatoms. The number of methoxy groups -OCH3 is 1. The highest BCUT2D eigenvalue weighted by atomic mass is 127. The molecule has 0 aliphatic heterocycles. The third-order valence-corrected chi connectivity index (χ3v) is 3.33. The molecular formula is C16H23IN4O2. The van der Waals surface area contributed by atoms with Gasteiger partial charge in [-0.15, -0.1) is 24.0 Å². The van der Waals surface area contributed by atoms with Crippen LogP contribution in [0.5, 0.6) is 0 Å². The van der Waals surface area contributed by atoms with Crippen molar-refractivity contribution in [3.63, 3.8) is 0 Å². The van der Waals surface area contributed by atoms with E-state index in [0.717, 1.165) is 29.8 Å². The van der Waals surface area contributed by atoms with E-state index in [4.69, 9.17) is 10.5 Å². The number of nitrogens with two attached hydrogens (primary N) is 1. The summed E-state index contributed by atoms with van der Waals surface area (Å²) in [5.74, 6) is 0.374. The Hall–Kier alpha value is -1.64. The molecule has 6 nitrogen and oxygen atoms in total. The number of aromatic nitrogens is 1. The number of guanidine groups is 1. The molecule has 23 heavy (non-hydrogen) atoms. The van der Waals surface area contributed by atoms with Crippen molar-refractivity contribution in [3.05, 3.63) is 41.2 Å². The maximum absolute atomic E-state index is 11.8. The average molecular weight is 430 g/mol. The number of ether oxygens (including phenoxy) is 1. The Bertz CT molecular complexity index is 612. The third-order valence-electron chi connectivity index (χ3n) is 3.33. The second kappa shape index (κ2) is 8.85. The van der Waals surface area contributed by atoms with E-state index in [1.165, 1.54) is 7.11 Å². The number of halogens is 1. The lowest BCUT2D eigenvalue weighted by atomic mass is 10.1. The number of nitrogens with one attached hydrogen (secondary N) is 1. The predicted molar refractivity (Wildman–Crippen MR) is 101 cm³/mol. The number of aliphatic imine (C=N–C) groups is 1. The first-order valence-corrected chi connectivity index (χ1v) is 7.27. The highest BCUT2D eigenvalue weighted by molar-refractivity contribution is 14.0. The molecule has 1 aliphatic carbocycles. The molecule has 0 spiro atoms. The molecule has 0 unspecified atom stereocenters. The van der Waals surface area contributed by atoms with Gasteiger partial charge in [-0.25, -0.2) is 9.79 Å². The Morgan fingerprint density at radius 3 is 2.78 bits per heavy atom. The molecule has 0 bridgehead atoms. The van der Waals surface area contributed by atoms with Crippen LogP contribution in [0.15, 0.2) is 29.3 Å². The van der Waals surface area contributed by atoms with E-state index in [1.807, 2.05) is 6.92 Å². The smallest absolute Gasteiger partial charge is 0.339 e. The van der Waals surface area contributed by atoms with Gasteiger partial charge in [0.25, 0.3) is 0 Å². The lowest BCUT2D eigenvalue weighted by Crippen LogP contribution is -2.32. The second-order valence-electron chi connectivity index (χ2n) is 5.51. The number of carbonyl (C=O) groups excluding carboxylic acids is 1. The van der Waals surface area contributed by atoms with Crippen molar-refractivity contribution in [2.75, 3.05) is 13.7 Å². The first-order chi connectivity index (χ1) is 10.5. The van der Waals surface area contributed by atoms with Gasteiger partial charge in [0, 0.05) is 12.5 Å². The molecule has 0 aromatic carbocycles. The van der Waals surface area contributed by atoms with Gasteiger partial charge in [0.2, 0.25) is 0 Å². The van der Waals surface area contributed by atoms with E-state index >= 15 is 0 Å². The van der Waals surface area contributed by atoms with E-state index in [9.17, 15) is 4.79 Å². The fraction of sp³-hybridized carbons (Fsp3) is 0.438. The molecule has 0 radical (unpaired) electrons. The monoisotopic (exact) mass is 430 g/mol. The van der Waals surface area contributed by atoms with Crippen molar-refractivity contribution in [1.29, 1.82) is 0 Å². The van der Waals surface area contributed by atoms with E-state index in [-0.39, 0.29) is 29.9 Å². The van der Waals surface area contributed by atoms with E-state index in [2.05, 4.69) is 21.9 Å². The molecule has 1 aromatic heterocycles. The Kier molecular flexibility index (Phi) is 7.47. The zero-order valence-corrected chi connectivity index (χ0v) is 15.8. The quantitative estimate of drug-likeness (QED) is 0.238. The Balaban J connectivity index is 0.00000264. The number of hydrogen-bond acceptors (Lipinski definition) is 4. The number of esters is 1. The highest BCUT2D eigenvalue weighted by Crippen LogP contribution is 2.40. The van der Waals surface area contributed by atoms with Gasteiger partial charge in [-0.2, -0.15) is 0 Å². The maximum atomic E-state index is 11.8. The van der Waals surface area contributed by atoms with Crippen molar-refractivity contribution in [2.24, 2.45) is 10.7 Å². The molecule has 1 saturated carbocycles. The van der Waals surface area contributed by atoms with Crippen molar-refractivity contribution in [1.82, 2.24) is 10.3 Å². The summed E-state index contributed by atoms with van der Waals surface area (Å²) in [6.45, 7) is 6.67. The number of rotatable bonds is 6. The Morgan fingerprint density at radius 1 is 1.52 bits per heavy atom. The van der Waals surface area contributed by atoms with Gasteiger partial charge >= 0.3 is 5.97 Å². The van der Waals surface area contributed by atoms with Gasteiger partial charge in [0.05, 0.1) is 30.6 Å². The van der Waals surface area contributed by atoms with Crippen LogP contribution in [-0.4, -0.2) is 30.6 Å². The van der Waals surface area contributed by atoms with Crippen LogP contribution in [0.2, 0.25) is 0 Å². The van der Waals surface area contributed by atoms with Crippen molar-refractivity contribution in [3.8, 4) is 0 Å². The molecule has 0 atom stereocenters. The fourth-order valence-corrected chi connectivity index (χ4v) is 2.02. The zero-order valence-electron chi connectivity index (χ0n) is 13.5. The van der Waals surface area contributed by atoms with Gasteiger partial charge in [-0.05, 0) is 31.9 Å². The SMILES string of the molecule is C=C(C)CNC(N)=NCc1ccc(C(=O)OC)c(C2CC2)n1.I. The van der Waals surface area contributed by atoms with E-state index < -0.39 is 0 Å². The summed E-state index contributed by atoms with van der Waals surface area (Å²) in [5, 5.41) is 2.97. The molecular weight excluding hydrogens is 407 g/mol. The van der Waals surface area contributed by atoms with E-state index in [1.54, 1.807) is 12.1 Å². The van der Waals surface area contributed by atoms with Gasteiger partial charge < -0.3 is 15.8 Å². The minimum absolute atomic E-state index is 0. The van der Waals surface area contributed by atoms with Gasteiger partial charge in [0.1, 0.15) is 0 Å². The standard InChI is InChI=1S/C16H22N4O2.HI/c1-10(2)8-18-16(17)19-9-12-6-7-13(15(21)22-3)14(20-12)11-4-5-11;/h6-7,11H,1,4-5,8-9H2,2-3H3,(H3,17,18,19);1H. The van der Waals surface area contributed by atoms with Gasteiger partial charge in [-0.3, -0.25) is 4.98 Å². The number of pyridine rings is 1. The molecule has 1 aliphatic rings. The van der Waals surface area contributed by atoms with Crippen LogP contribution in [0.4, 0.5) is 0 Å². The average Bonchev–Trinajstić information content (AvgIpc) is 3.34. The van der Waals surface area contributed by atoms with Gasteiger partial charge in [0.15, 0.2) is 5.96 Å². The maximum Gasteiger partial charge on any atom is 0.339 e. The summed E-state index contributed by atoms with van der Waals surface area (Å²) in [6.07, 6.45) is 2.12. The third kappa shape index (κ3) is 5.81. The topological polar surface area (TPSA) is 89.6 Å². The van der Waals surface area contributed by atoms with Crippen molar-refractivity contribution < 1.29 is 9.53 Å². The first kappa shape index (κ1) is 19.4. The molecule has 1 heterocycles. The predicted octanol–water partition coefficient (Wildman–Crippen LogP) is 2.34. The molecule has 0 amide bonds. The van der Waals surface area contributed by atoms with Gasteiger partial charge in [-0.1, -0.05) is 12.2 Å². The highest BCUT2D eigenvalue weighted by Gasteiger charge is 2.30. The van der Waals surface area contributed by atoms with Crippen LogP contribution in [0, 0.1) is 0 Å². The summed E-state index contributed by atoms with van der Waals surface area (Å²) < 4.78 is 4.80. The van der Waals surface area contributed by atoms with E-state index in [0.29, 0.717) is 30.5 Å². The number of carbonyl (C=O) groups is 1. The minimum atomic E-state index is -0.341. The normalized spacial score (nSPS) is 13.9. The van der Waals surface area contributed by atoms with Crippen LogP contribution in [0.25, 0.3) is 0 Å². The first-order valence-electron chi connectivity index (χ1n) is 7.27. The number of hydrogen-bond donors (Lipinski definition) is 2. The van der Waals surface area contributed by atoms with Crippen molar-refractivity contribution in [2.45, 2.75) is 32.2 Å². The Morgan fingerprint density at radius 2 is 2.22 bits per heavy atom. The molecule has 1 aromatic rings. The lowest BCUT2D eigenvalue weighted by molar-refractivity contribution is 0.0598. The molecule has 0 saturated heterocycles. The molecule has 2 rings (SSSR count). The zero-order chi connectivity index (χ0) is 16.1. The minimum Gasteiger partial charge on any atom is -0.465 e.